The Balaban J connectivity index is 2.31. The van der Waals surface area contributed by atoms with E-state index in [-0.39, 0.29) is 12.5 Å². The molecule has 0 spiro atoms. The van der Waals surface area contributed by atoms with Gasteiger partial charge >= 0.3 is 0 Å². The van der Waals surface area contributed by atoms with Gasteiger partial charge in [0, 0.05) is 28.6 Å². The summed E-state index contributed by atoms with van der Waals surface area (Å²) in [5.41, 5.74) is 0.884. The van der Waals surface area contributed by atoms with Gasteiger partial charge < -0.3 is 4.90 Å². The molecule has 68 valence electrons. The molecule has 0 saturated carbocycles. The number of aromatic nitrogens is 1. The highest BCUT2D eigenvalue weighted by molar-refractivity contribution is 5.78. The van der Waals surface area contributed by atoms with Crippen LogP contribution in [0.25, 0.3) is 0 Å². The molecule has 1 atom stereocenters. The van der Waals surface area contributed by atoms with Gasteiger partial charge in [0.05, 0.1) is 6.04 Å². The van der Waals surface area contributed by atoms with Gasteiger partial charge in [0.25, 0.3) is 0 Å². The topological polar surface area (TPSA) is 33.2 Å². The van der Waals surface area contributed by atoms with Crippen LogP contribution >= 0.6 is 0 Å². The highest BCUT2D eigenvalue weighted by Gasteiger charge is 2.28. The van der Waals surface area contributed by atoms with Gasteiger partial charge in [0.2, 0.25) is 5.91 Å². The van der Waals surface area contributed by atoms with Crippen molar-refractivity contribution in [2.45, 2.75) is 18.8 Å². The predicted molar refractivity (Wildman–Crippen MR) is 49.0 cm³/mol. The van der Waals surface area contributed by atoms with E-state index in [1.807, 2.05) is 6.07 Å². The van der Waals surface area contributed by atoms with Crippen LogP contribution in [0.15, 0.2) is 24.5 Å². The summed E-state index contributed by atoms with van der Waals surface area (Å²) in [5, 5.41) is 0. The monoisotopic (exact) mass is 178 g/mol. The molecule has 1 aliphatic rings. The van der Waals surface area contributed by atoms with Crippen LogP contribution in [0.1, 0.15) is 27.1 Å². The molecule has 2 heterocycles. The first kappa shape index (κ1) is 6.13. The van der Waals surface area contributed by atoms with Crippen LogP contribution in [0.2, 0.25) is 0 Å². The number of carbonyl (C=O) groups is 1. The Morgan fingerprint density at radius 1 is 1.77 bits per heavy atom. The van der Waals surface area contributed by atoms with Crippen LogP contribution in [0.5, 0.6) is 0 Å². The molecule has 0 radical (unpaired) electrons. The maximum Gasteiger partial charge on any atom is 0.222 e. The molecule has 1 aliphatic heterocycles. The van der Waals surface area contributed by atoms with Gasteiger partial charge in [-0.15, -0.1) is 0 Å². The van der Waals surface area contributed by atoms with Gasteiger partial charge in [-0.2, -0.15) is 0 Å². The van der Waals surface area contributed by atoms with Crippen LogP contribution in [0, 0.1) is 0 Å². The van der Waals surface area contributed by atoms with Crippen molar-refractivity contribution in [3.63, 3.8) is 0 Å². The summed E-state index contributed by atoms with van der Waals surface area (Å²) in [6.07, 6.45) is 1.80. The molecule has 0 unspecified atom stereocenters. The molecule has 3 nitrogen and oxygen atoms in total. The summed E-state index contributed by atoms with van der Waals surface area (Å²) < 4.78 is 15.1. The molecule has 1 saturated heterocycles. The molecule has 0 N–H and O–H groups in total. The van der Waals surface area contributed by atoms with Crippen LogP contribution < -0.4 is 0 Å². The van der Waals surface area contributed by atoms with E-state index in [0.717, 1.165) is 5.56 Å². The van der Waals surface area contributed by atoms with E-state index < -0.39 is 12.3 Å². The van der Waals surface area contributed by atoms with Crippen molar-refractivity contribution >= 4 is 5.91 Å². The van der Waals surface area contributed by atoms with Crippen LogP contribution in [0.3, 0.4) is 0 Å². The van der Waals surface area contributed by atoms with Crippen molar-refractivity contribution in [3.05, 3.63) is 30.1 Å². The largest absolute Gasteiger partial charge is 0.339 e. The Morgan fingerprint density at radius 2 is 2.62 bits per heavy atom. The first-order valence-electron chi connectivity index (χ1n) is 5.19. The first-order valence-corrected chi connectivity index (χ1v) is 4.19. The van der Waals surface area contributed by atoms with E-state index in [1.165, 1.54) is 4.90 Å². The summed E-state index contributed by atoms with van der Waals surface area (Å²) in [6, 6.07) is 3.46. The second-order valence-corrected chi connectivity index (χ2v) is 3.10. The van der Waals surface area contributed by atoms with Gasteiger partial charge in [0.15, 0.2) is 0 Å². The third kappa shape index (κ3) is 1.41. The van der Waals surface area contributed by atoms with Crippen LogP contribution in [-0.2, 0) is 4.79 Å². The zero-order chi connectivity index (χ0) is 11.1. The van der Waals surface area contributed by atoms with Crippen molar-refractivity contribution in [3.8, 4) is 0 Å². The van der Waals surface area contributed by atoms with Gasteiger partial charge in [-0.1, -0.05) is 6.07 Å². The fraction of sp³-hybridized carbons (Fsp3) is 0.400. The Bertz CT molecular complexity index is 380. The Labute approximate surface area is 80.2 Å². The van der Waals surface area contributed by atoms with E-state index in [2.05, 4.69) is 4.98 Å². The summed E-state index contributed by atoms with van der Waals surface area (Å²) in [4.78, 5) is 17.0. The van der Waals surface area contributed by atoms with E-state index in [4.69, 9.17) is 2.74 Å². The van der Waals surface area contributed by atoms with Gasteiger partial charge in [-0.3, -0.25) is 9.78 Å². The maximum atomic E-state index is 11.5. The minimum absolute atomic E-state index is 0.193. The molecule has 3 heteroatoms. The third-order valence-electron chi connectivity index (χ3n) is 2.30. The highest BCUT2D eigenvalue weighted by atomic mass is 16.2. The number of amides is 1. The van der Waals surface area contributed by atoms with Crippen molar-refractivity contribution in [1.29, 1.82) is 0 Å². The van der Waals surface area contributed by atoms with E-state index >= 15 is 0 Å². The lowest BCUT2D eigenvalue weighted by Gasteiger charge is -2.19. The fourth-order valence-electron chi connectivity index (χ4n) is 1.50. The summed E-state index contributed by atoms with van der Waals surface area (Å²) in [5.74, 6) is -0.448. The SMILES string of the molecule is [2H]C1([2H])C[C@@H](c2cccnc2)N(C)C1=O. The Hall–Kier alpha value is -1.38. The quantitative estimate of drug-likeness (QED) is 0.650. The number of likely N-dealkylation sites (tertiary alicyclic amines) is 1. The minimum atomic E-state index is -1.74. The van der Waals surface area contributed by atoms with Gasteiger partial charge in [-0.05, 0) is 18.1 Å². The fourth-order valence-corrected chi connectivity index (χ4v) is 1.50. The van der Waals surface area contributed by atoms with E-state index in [0.29, 0.717) is 0 Å². The number of hydrogen-bond donors (Lipinski definition) is 0. The number of pyridine rings is 1. The van der Waals surface area contributed by atoms with Crippen LogP contribution in [0.4, 0.5) is 0 Å². The van der Waals surface area contributed by atoms with Crippen LogP contribution in [-0.4, -0.2) is 22.8 Å². The molecule has 1 aromatic heterocycles. The molecule has 1 amide bonds. The lowest BCUT2D eigenvalue weighted by molar-refractivity contribution is -0.127. The number of hydrogen-bond acceptors (Lipinski definition) is 2. The minimum Gasteiger partial charge on any atom is -0.339 e. The molecule has 0 bridgehead atoms. The summed E-state index contributed by atoms with van der Waals surface area (Å²) in [6.45, 7) is 0. The van der Waals surface area contributed by atoms with Crippen molar-refractivity contribution in [1.82, 2.24) is 9.88 Å². The van der Waals surface area contributed by atoms with E-state index in [1.54, 1.807) is 25.5 Å². The number of rotatable bonds is 1. The standard InChI is InChI=1S/C10H12N2O/c1-12-9(4-5-10(12)13)8-3-2-6-11-7-8/h2-3,6-7,9H,4-5H2,1H3/t9-/m0/s1/i5D2. The predicted octanol–water partition coefficient (Wildman–Crippen LogP) is 1.37. The number of nitrogens with zero attached hydrogens (tertiary/aromatic N) is 2. The van der Waals surface area contributed by atoms with E-state index in [9.17, 15) is 4.79 Å². The number of carbonyl (C=O) groups excluding carboxylic acids is 1. The molecule has 13 heavy (non-hydrogen) atoms. The molecule has 0 aliphatic carbocycles. The lowest BCUT2D eigenvalue weighted by Crippen LogP contribution is -2.22. The maximum absolute atomic E-state index is 11.5. The zero-order valence-corrected chi connectivity index (χ0v) is 7.40. The smallest absolute Gasteiger partial charge is 0.222 e. The average molecular weight is 178 g/mol. The van der Waals surface area contributed by atoms with Crippen molar-refractivity contribution in [2.24, 2.45) is 0 Å². The molecule has 2 rings (SSSR count). The molecule has 1 aromatic rings. The van der Waals surface area contributed by atoms with Crippen molar-refractivity contribution < 1.29 is 7.54 Å². The van der Waals surface area contributed by atoms with Crippen molar-refractivity contribution in [2.75, 3.05) is 7.05 Å². The van der Waals surface area contributed by atoms with Gasteiger partial charge in [-0.25, -0.2) is 0 Å². The lowest BCUT2D eigenvalue weighted by atomic mass is 10.1. The normalized spacial score (nSPS) is 28.5. The Morgan fingerprint density at radius 3 is 3.15 bits per heavy atom. The molecule has 1 fully saturated rings. The molecule has 0 aromatic carbocycles. The van der Waals surface area contributed by atoms with Gasteiger partial charge in [0.1, 0.15) is 0 Å². The first-order chi connectivity index (χ1) is 7.02. The third-order valence-corrected chi connectivity index (χ3v) is 2.30. The second-order valence-electron chi connectivity index (χ2n) is 3.10. The summed E-state index contributed by atoms with van der Waals surface area (Å²) >= 11 is 0. The average Bonchev–Trinajstić information content (AvgIpc) is 2.44. The molecular formula is C10H12N2O. The second kappa shape index (κ2) is 3.17. The summed E-state index contributed by atoms with van der Waals surface area (Å²) in [7, 11) is 1.63. The Kier molecular flexibility index (Phi) is 1.49. The zero-order valence-electron chi connectivity index (χ0n) is 9.40. The highest BCUT2D eigenvalue weighted by Crippen LogP contribution is 2.30. The molecular weight excluding hydrogens is 164 g/mol.